The molecule has 62 heavy (non-hydrogen) atoms. The summed E-state index contributed by atoms with van der Waals surface area (Å²) in [5.74, 6) is 0.675. The Bertz CT molecular complexity index is 3370. The summed E-state index contributed by atoms with van der Waals surface area (Å²) in [6.45, 7) is 0. The molecule has 5 nitrogen and oxygen atoms in total. The molecule has 4 aromatic heterocycles. The minimum Gasteiger partial charge on any atom is -0.309 e. The van der Waals surface area contributed by atoms with Gasteiger partial charge in [0.2, 0.25) is 0 Å². The number of hydrogen-bond donors (Lipinski definition) is 0. The van der Waals surface area contributed by atoms with E-state index in [-0.39, 0.29) is 0 Å². The van der Waals surface area contributed by atoms with Crippen molar-refractivity contribution in [3.8, 4) is 67.5 Å². The van der Waals surface area contributed by atoms with Crippen molar-refractivity contribution in [3.63, 3.8) is 0 Å². The van der Waals surface area contributed by atoms with E-state index < -0.39 is 0 Å². The molecule has 0 amide bonds. The van der Waals surface area contributed by atoms with Crippen molar-refractivity contribution < 1.29 is 0 Å². The Morgan fingerprint density at radius 2 is 0.694 bits per heavy atom. The molecule has 0 fully saturated rings. The number of hydrogen-bond acceptors (Lipinski definition) is 3. The van der Waals surface area contributed by atoms with Gasteiger partial charge < -0.3 is 9.13 Å². The molecule has 0 spiro atoms. The number of pyridine rings is 1. The summed E-state index contributed by atoms with van der Waals surface area (Å²) in [6.07, 6.45) is 3.70. The lowest BCUT2D eigenvalue weighted by molar-refractivity contribution is 1.13. The molecule has 0 aliphatic heterocycles. The molecule has 0 unspecified atom stereocenters. The van der Waals surface area contributed by atoms with Crippen molar-refractivity contribution in [1.29, 1.82) is 0 Å². The first-order valence-corrected chi connectivity index (χ1v) is 20.9. The molecular weight excluding hydrogens is 755 g/mol. The van der Waals surface area contributed by atoms with Crippen LogP contribution in [0.3, 0.4) is 0 Å². The van der Waals surface area contributed by atoms with Gasteiger partial charge in [-0.2, -0.15) is 0 Å². The van der Waals surface area contributed by atoms with Crippen molar-refractivity contribution in [1.82, 2.24) is 24.1 Å². The van der Waals surface area contributed by atoms with Crippen molar-refractivity contribution in [2.75, 3.05) is 0 Å². The van der Waals surface area contributed by atoms with Crippen LogP contribution in [-0.4, -0.2) is 24.1 Å². The third-order valence-corrected chi connectivity index (χ3v) is 12.0. The monoisotopic (exact) mass is 791 g/mol. The highest BCUT2D eigenvalue weighted by molar-refractivity contribution is 6.10. The summed E-state index contributed by atoms with van der Waals surface area (Å²) in [7, 11) is 0. The molecule has 4 heterocycles. The molecule has 290 valence electrons. The minimum absolute atomic E-state index is 0.675. The average Bonchev–Trinajstić information content (AvgIpc) is 3.88. The molecule has 0 saturated heterocycles. The zero-order valence-electron chi connectivity index (χ0n) is 33.6. The summed E-state index contributed by atoms with van der Waals surface area (Å²) in [5, 5.41) is 4.87. The zero-order chi connectivity index (χ0) is 41.0. The molecule has 0 atom stereocenters. The summed E-state index contributed by atoms with van der Waals surface area (Å²) >= 11 is 0. The zero-order valence-corrected chi connectivity index (χ0v) is 33.6. The maximum absolute atomic E-state index is 5.36. The van der Waals surface area contributed by atoms with Gasteiger partial charge in [0.15, 0.2) is 5.82 Å². The van der Waals surface area contributed by atoms with Crippen LogP contribution >= 0.6 is 0 Å². The maximum Gasteiger partial charge on any atom is 0.160 e. The Balaban J connectivity index is 1.06. The molecule has 0 bridgehead atoms. The van der Waals surface area contributed by atoms with Crippen LogP contribution in [-0.2, 0) is 0 Å². The lowest BCUT2D eigenvalue weighted by Crippen LogP contribution is -2.01. The highest BCUT2D eigenvalue weighted by atomic mass is 15.0. The van der Waals surface area contributed by atoms with Gasteiger partial charge in [0.25, 0.3) is 0 Å². The molecule has 12 aromatic rings. The molecule has 0 N–H and O–H groups in total. The van der Waals surface area contributed by atoms with Crippen LogP contribution in [0.25, 0.3) is 111 Å². The van der Waals surface area contributed by atoms with Gasteiger partial charge in [-0.3, -0.25) is 4.98 Å². The van der Waals surface area contributed by atoms with E-state index >= 15 is 0 Å². The predicted molar refractivity (Wildman–Crippen MR) is 256 cm³/mol. The van der Waals surface area contributed by atoms with Crippen LogP contribution in [0.1, 0.15) is 0 Å². The average molecular weight is 792 g/mol. The van der Waals surface area contributed by atoms with Crippen LogP contribution in [0, 0.1) is 0 Å². The van der Waals surface area contributed by atoms with Gasteiger partial charge in [0.1, 0.15) is 0 Å². The van der Waals surface area contributed by atoms with E-state index in [1.165, 1.54) is 21.5 Å². The molecule has 0 aliphatic carbocycles. The number of para-hydroxylation sites is 4. The number of benzene rings is 8. The van der Waals surface area contributed by atoms with Gasteiger partial charge in [0.05, 0.1) is 33.5 Å². The van der Waals surface area contributed by atoms with Crippen LogP contribution in [0.15, 0.2) is 225 Å². The molecule has 0 aliphatic rings. The van der Waals surface area contributed by atoms with Gasteiger partial charge in [-0.25, -0.2) is 9.97 Å². The van der Waals surface area contributed by atoms with Crippen LogP contribution < -0.4 is 0 Å². The Kier molecular flexibility index (Phi) is 8.42. The van der Waals surface area contributed by atoms with E-state index in [0.29, 0.717) is 5.82 Å². The highest BCUT2D eigenvalue weighted by Gasteiger charge is 2.19. The second-order valence-corrected chi connectivity index (χ2v) is 15.7. The van der Waals surface area contributed by atoms with Crippen LogP contribution in [0.4, 0.5) is 0 Å². The van der Waals surface area contributed by atoms with E-state index in [9.17, 15) is 0 Å². The molecule has 8 aromatic carbocycles. The predicted octanol–water partition coefficient (Wildman–Crippen LogP) is 14.4. The van der Waals surface area contributed by atoms with Gasteiger partial charge in [-0.15, -0.1) is 0 Å². The number of aromatic nitrogens is 5. The van der Waals surface area contributed by atoms with E-state index in [2.05, 4.69) is 202 Å². The highest BCUT2D eigenvalue weighted by Crippen LogP contribution is 2.39. The standard InChI is InChI=1S/C57H37N5/c1-2-13-42(14-3-1)57-59-51(41-30-28-39(29-31-41)38-24-26-40(27-25-38)43-15-12-32-58-37-43)36-52(60-57)44-33-45(61-53-20-8-4-16-47(53)48-17-5-9-21-54(48)61)35-46(34-44)62-55-22-10-6-18-49(55)50-19-7-11-23-56(50)62/h1-37H. The minimum atomic E-state index is 0.675. The third-order valence-electron chi connectivity index (χ3n) is 12.0. The van der Waals surface area contributed by atoms with E-state index in [1.54, 1.807) is 6.20 Å². The van der Waals surface area contributed by atoms with Gasteiger partial charge >= 0.3 is 0 Å². The fraction of sp³-hybridized carbons (Fsp3) is 0. The Labute approximate surface area is 358 Å². The lowest BCUT2D eigenvalue weighted by atomic mass is 9.99. The first kappa shape index (κ1) is 35.5. The summed E-state index contributed by atoms with van der Waals surface area (Å²) in [6, 6.07) is 75.5. The topological polar surface area (TPSA) is 48.5 Å². The Hall–Kier alpha value is -8.41. The molecular formula is C57H37N5. The quantitative estimate of drug-likeness (QED) is 0.162. The molecule has 0 saturated carbocycles. The van der Waals surface area contributed by atoms with Crippen LogP contribution in [0.5, 0.6) is 0 Å². The first-order valence-electron chi connectivity index (χ1n) is 20.9. The van der Waals surface area contributed by atoms with E-state index in [0.717, 1.165) is 83.8 Å². The molecule has 12 rings (SSSR count). The summed E-state index contributed by atoms with van der Waals surface area (Å²) in [5.41, 5.74) is 15.9. The summed E-state index contributed by atoms with van der Waals surface area (Å²) in [4.78, 5) is 14.9. The fourth-order valence-electron chi connectivity index (χ4n) is 9.08. The summed E-state index contributed by atoms with van der Waals surface area (Å²) < 4.78 is 4.79. The SMILES string of the molecule is c1ccc(-c2nc(-c3ccc(-c4ccc(-c5cccnc5)cc4)cc3)cc(-c3cc(-n4c5ccccc5c5ccccc54)cc(-n4c5ccccc5c5ccccc54)c3)n2)cc1. The fourth-order valence-corrected chi connectivity index (χ4v) is 9.08. The van der Waals surface area contributed by atoms with Crippen molar-refractivity contribution in [2.24, 2.45) is 0 Å². The Morgan fingerprint density at radius 3 is 1.16 bits per heavy atom. The number of nitrogens with zero attached hydrogens (tertiary/aromatic N) is 5. The van der Waals surface area contributed by atoms with Crippen molar-refractivity contribution in [3.05, 3.63) is 225 Å². The van der Waals surface area contributed by atoms with Crippen molar-refractivity contribution >= 4 is 43.6 Å². The van der Waals surface area contributed by atoms with E-state index in [4.69, 9.17) is 9.97 Å². The second-order valence-electron chi connectivity index (χ2n) is 15.7. The third kappa shape index (κ3) is 6.06. The molecule has 5 heteroatoms. The normalized spacial score (nSPS) is 11.5. The lowest BCUT2D eigenvalue weighted by Gasteiger charge is -2.16. The largest absolute Gasteiger partial charge is 0.309 e. The number of rotatable bonds is 7. The van der Waals surface area contributed by atoms with Gasteiger partial charge in [0, 0.05) is 62.0 Å². The second kappa shape index (κ2) is 14.7. The number of fused-ring (bicyclic) bond motifs is 6. The molecule has 0 radical (unpaired) electrons. The van der Waals surface area contributed by atoms with Crippen LogP contribution in [0.2, 0.25) is 0 Å². The maximum atomic E-state index is 5.36. The van der Waals surface area contributed by atoms with Gasteiger partial charge in [-0.1, -0.05) is 158 Å². The van der Waals surface area contributed by atoms with Crippen molar-refractivity contribution in [2.45, 2.75) is 0 Å². The van der Waals surface area contributed by atoms with Gasteiger partial charge in [-0.05, 0) is 76.9 Å². The smallest absolute Gasteiger partial charge is 0.160 e. The first-order chi connectivity index (χ1) is 30.7. The Morgan fingerprint density at radius 1 is 0.290 bits per heavy atom. The van der Waals surface area contributed by atoms with E-state index in [1.807, 2.05) is 30.5 Å².